The lowest BCUT2D eigenvalue weighted by Gasteiger charge is -2.34. The number of hydrogen-bond acceptors (Lipinski definition) is 4. The topological polar surface area (TPSA) is 53.8 Å². The van der Waals surface area contributed by atoms with Gasteiger partial charge in [-0.2, -0.15) is 13.2 Å². The quantitative estimate of drug-likeness (QED) is 0.500. The summed E-state index contributed by atoms with van der Waals surface area (Å²) in [6, 6.07) is 15.6. The number of carbonyl (C=O) groups is 2. The first kappa shape index (κ1) is 22.8. The van der Waals surface area contributed by atoms with Crippen molar-refractivity contribution >= 4 is 11.7 Å². The van der Waals surface area contributed by atoms with Crippen LogP contribution in [0.2, 0.25) is 0 Å². The van der Waals surface area contributed by atoms with Crippen LogP contribution in [0.1, 0.15) is 39.0 Å². The SMILES string of the molecule is CC(=O)c1ccc(-c2ccc(C(=O)N3CCN(Cc4ccc(C(F)(F)F)cc4)CC3)o2)cc1. The summed E-state index contributed by atoms with van der Waals surface area (Å²) in [6.07, 6.45) is -4.34. The van der Waals surface area contributed by atoms with E-state index in [1.54, 1.807) is 41.3 Å². The standard InChI is InChI=1S/C25H23F3N2O3/c1-17(31)19-4-6-20(7-5-19)22-10-11-23(33-22)24(32)30-14-12-29(13-15-30)16-18-2-8-21(9-3-18)25(26,27)28/h2-11H,12-16H2,1H3. The second-order valence-electron chi connectivity index (χ2n) is 8.06. The molecule has 1 saturated heterocycles. The van der Waals surface area contributed by atoms with Gasteiger partial charge in [-0.05, 0) is 36.8 Å². The highest BCUT2D eigenvalue weighted by Gasteiger charge is 2.30. The number of piperazine rings is 1. The number of benzene rings is 2. The van der Waals surface area contributed by atoms with Gasteiger partial charge in [0, 0.05) is 43.9 Å². The minimum absolute atomic E-state index is 0.0191. The van der Waals surface area contributed by atoms with Crippen LogP contribution in [0.5, 0.6) is 0 Å². The fraction of sp³-hybridized carbons (Fsp3) is 0.280. The molecule has 0 spiro atoms. The molecule has 0 atom stereocenters. The number of alkyl halides is 3. The van der Waals surface area contributed by atoms with E-state index in [1.807, 2.05) is 0 Å². The van der Waals surface area contributed by atoms with E-state index in [1.165, 1.54) is 19.1 Å². The van der Waals surface area contributed by atoms with Gasteiger partial charge in [0.05, 0.1) is 5.56 Å². The summed E-state index contributed by atoms with van der Waals surface area (Å²) in [5, 5.41) is 0. The number of Topliss-reactive ketones (excluding diaryl/α,β-unsaturated/α-hetero) is 1. The minimum Gasteiger partial charge on any atom is -0.451 e. The van der Waals surface area contributed by atoms with Crippen LogP contribution in [0.3, 0.4) is 0 Å². The van der Waals surface area contributed by atoms with Gasteiger partial charge in [0.25, 0.3) is 5.91 Å². The zero-order valence-corrected chi connectivity index (χ0v) is 18.1. The summed E-state index contributed by atoms with van der Waals surface area (Å²) in [5.74, 6) is 0.580. The number of furan rings is 1. The molecule has 0 unspecified atom stereocenters. The lowest BCUT2D eigenvalue weighted by atomic mass is 10.1. The van der Waals surface area contributed by atoms with E-state index >= 15 is 0 Å². The molecular formula is C25H23F3N2O3. The Morgan fingerprint density at radius 2 is 1.52 bits per heavy atom. The van der Waals surface area contributed by atoms with Crippen LogP contribution in [-0.2, 0) is 12.7 Å². The van der Waals surface area contributed by atoms with Crippen LogP contribution < -0.4 is 0 Å². The number of ketones is 1. The molecule has 3 aromatic rings. The van der Waals surface area contributed by atoms with Crippen LogP contribution in [-0.4, -0.2) is 47.7 Å². The van der Waals surface area contributed by atoms with E-state index in [9.17, 15) is 22.8 Å². The van der Waals surface area contributed by atoms with Gasteiger partial charge < -0.3 is 9.32 Å². The van der Waals surface area contributed by atoms with Crippen molar-refractivity contribution in [1.82, 2.24) is 9.80 Å². The molecule has 1 aliphatic heterocycles. The molecule has 1 amide bonds. The molecule has 0 bridgehead atoms. The van der Waals surface area contributed by atoms with Gasteiger partial charge in [-0.25, -0.2) is 0 Å². The highest BCUT2D eigenvalue weighted by Crippen LogP contribution is 2.29. The first-order chi connectivity index (χ1) is 15.7. The zero-order chi connectivity index (χ0) is 23.6. The van der Waals surface area contributed by atoms with Crippen molar-refractivity contribution in [2.75, 3.05) is 26.2 Å². The van der Waals surface area contributed by atoms with E-state index in [-0.39, 0.29) is 17.5 Å². The van der Waals surface area contributed by atoms with Crippen molar-refractivity contribution in [2.45, 2.75) is 19.6 Å². The summed E-state index contributed by atoms with van der Waals surface area (Å²) in [7, 11) is 0. The van der Waals surface area contributed by atoms with Gasteiger partial charge in [0.15, 0.2) is 11.5 Å². The summed E-state index contributed by atoms with van der Waals surface area (Å²) in [5.41, 5.74) is 1.53. The molecule has 0 aliphatic carbocycles. The largest absolute Gasteiger partial charge is 0.451 e. The third-order valence-electron chi connectivity index (χ3n) is 5.74. The minimum atomic E-state index is -4.34. The van der Waals surface area contributed by atoms with Crippen LogP contribution in [0.15, 0.2) is 65.1 Å². The van der Waals surface area contributed by atoms with Gasteiger partial charge in [0.2, 0.25) is 0 Å². The number of nitrogens with zero attached hydrogens (tertiary/aromatic N) is 2. The predicted molar refractivity (Wildman–Crippen MR) is 117 cm³/mol. The third kappa shape index (κ3) is 5.34. The van der Waals surface area contributed by atoms with Crippen LogP contribution in [0.25, 0.3) is 11.3 Å². The maximum Gasteiger partial charge on any atom is 0.416 e. The molecule has 0 N–H and O–H groups in total. The molecule has 2 aromatic carbocycles. The zero-order valence-electron chi connectivity index (χ0n) is 18.1. The molecule has 0 radical (unpaired) electrons. The Bertz CT molecular complexity index is 1130. The van der Waals surface area contributed by atoms with Gasteiger partial charge in [0.1, 0.15) is 5.76 Å². The molecule has 8 heteroatoms. The van der Waals surface area contributed by atoms with Gasteiger partial charge in [-0.1, -0.05) is 36.4 Å². The maximum absolute atomic E-state index is 12.8. The van der Waals surface area contributed by atoms with Crippen molar-refractivity contribution in [3.05, 3.63) is 83.1 Å². The Labute approximate surface area is 189 Å². The normalized spacial score (nSPS) is 15.0. The maximum atomic E-state index is 12.8. The summed E-state index contributed by atoms with van der Waals surface area (Å²) < 4.78 is 43.9. The molecular weight excluding hydrogens is 433 g/mol. The number of amides is 1. The second-order valence-corrected chi connectivity index (χ2v) is 8.06. The Morgan fingerprint density at radius 1 is 0.879 bits per heavy atom. The highest BCUT2D eigenvalue weighted by atomic mass is 19.4. The van der Waals surface area contributed by atoms with E-state index in [0.29, 0.717) is 44.0 Å². The molecule has 172 valence electrons. The molecule has 1 aromatic heterocycles. The van der Waals surface area contributed by atoms with Gasteiger partial charge in [-0.15, -0.1) is 0 Å². The van der Waals surface area contributed by atoms with Crippen LogP contribution in [0.4, 0.5) is 13.2 Å². The van der Waals surface area contributed by atoms with E-state index in [4.69, 9.17) is 4.42 Å². The third-order valence-corrected chi connectivity index (χ3v) is 5.74. The molecule has 0 saturated carbocycles. The Kier molecular flexibility index (Phi) is 6.37. The first-order valence-electron chi connectivity index (χ1n) is 10.6. The van der Waals surface area contributed by atoms with Crippen molar-refractivity contribution in [3.63, 3.8) is 0 Å². The van der Waals surface area contributed by atoms with Gasteiger partial charge >= 0.3 is 6.18 Å². The average molecular weight is 456 g/mol. The Hall–Kier alpha value is -3.39. The summed E-state index contributed by atoms with van der Waals surface area (Å²) in [4.78, 5) is 28.1. The number of halogens is 3. The lowest BCUT2D eigenvalue weighted by molar-refractivity contribution is -0.137. The van der Waals surface area contributed by atoms with Crippen molar-refractivity contribution in [2.24, 2.45) is 0 Å². The fourth-order valence-electron chi connectivity index (χ4n) is 3.80. The van der Waals surface area contributed by atoms with Crippen molar-refractivity contribution < 1.29 is 27.2 Å². The predicted octanol–water partition coefficient (Wildman–Crippen LogP) is 5.13. The fourth-order valence-corrected chi connectivity index (χ4v) is 3.80. The number of hydrogen-bond donors (Lipinski definition) is 0. The molecule has 2 heterocycles. The smallest absolute Gasteiger partial charge is 0.416 e. The van der Waals surface area contributed by atoms with Crippen molar-refractivity contribution in [3.8, 4) is 11.3 Å². The molecule has 33 heavy (non-hydrogen) atoms. The number of rotatable bonds is 5. The summed E-state index contributed by atoms with van der Waals surface area (Å²) >= 11 is 0. The van der Waals surface area contributed by atoms with E-state index in [0.717, 1.165) is 23.3 Å². The summed E-state index contributed by atoms with van der Waals surface area (Å²) in [6.45, 7) is 4.27. The van der Waals surface area contributed by atoms with Gasteiger partial charge in [-0.3, -0.25) is 14.5 Å². The average Bonchev–Trinajstić information content (AvgIpc) is 3.29. The lowest BCUT2D eigenvalue weighted by Crippen LogP contribution is -2.48. The molecule has 5 nitrogen and oxygen atoms in total. The monoisotopic (exact) mass is 456 g/mol. The van der Waals surface area contributed by atoms with E-state index in [2.05, 4.69) is 4.90 Å². The Balaban J connectivity index is 1.33. The highest BCUT2D eigenvalue weighted by molar-refractivity contribution is 5.94. The number of carbonyl (C=O) groups excluding carboxylic acids is 2. The molecule has 1 fully saturated rings. The molecule has 4 rings (SSSR count). The first-order valence-corrected chi connectivity index (χ1v) is 10.6. The van der Waals surface area contributed by atoms with E-state index < -0.39 is 11.7 Å². The van der Waals surface area contributed by atoms with Crippen LogP contribution >= 0.6 is 0 Å². The Morgan fingerprint density at radius 3 is 2.09 bits per heavy atom. The van der Waals surface area contributed by atoms with Crippen LogP contribution in [0, 0.1) is 0 Å². The van der Waals surface area contributed by atoms with Crippen molar-refractivity contribution in [1.29, 1.82) is 0 Å². The molecule has 1 aliphatic rings. The second kappa shape index (κ2) is 9.23.